The summed E-state index contributed by atoms with van der Waals surface area (Å²) in [6.45, 7) is 0.672. The Morgan fingerprint density at radius 1 is 1.24 bits per heavy atom. The van der Waals surface area contributed by atoms with E-state index in [1.54, 1.807) is 0 Å². The van der Waals surface area contributed by atoms with Gasteiger partial charge in [-0.3, -0.25) is 4.79 Å². The Morgan fingerprint density at radius 2 is 1.95 bits per heavy atom. The van der Waals surface area contributed by atoms with Gasteiger partial charge in [-0.25, -0.2) is 4.79 Å². The van der Waals surface area contributed by atoms with Crippen molar-refractivity contribution in [3.63, 3.8) is 0 Å². The standard InChI is InChI=1S/C15H22N2O4/c1-21-13-8-7-11(15(19)20)10-12(13)17-14(18)6-4-2-3-5-9-16/h7-8,10H,2-6,9,16H2,1H3,(H,17,18)(H,19,20). The van der Waals surface area contributed by atoms with Crippen LogP contribution in [-0.2, 0) is 4.79 Å². The van der Waals surface area contributed by atoms with Crippen molar-refractivity contribution in [1.82, 2.24) is 0 Å². The van der Waals surface area contributed by atoms with E-state index in [0.717, 1.165) is 25.7 Å². The van der Waals surface area contributed by atoms with Crippen molar-refractivity contribution in [1.29, 1.82) is 0 Å². The first-order valence-corrected chi connectivity index (χ1v) is 6.99. The van der Waals surface area contributed by atoms with Gasteiger partial charge in [-0.15, -0.1) is 0 Å². The summed E-state index contributed by atoms with van der Waals surface area (Å²) in [7, 11) is 1.47. The van der Waals surface area contributed by atoms with E-state index in [2.05, 4.69) is 5.32 Å². The molecule has 6 heteroatoms. The van der Waals surface area contributed by atoms with Crippen molar-refractivity contribution >= 4 is 17.6 Å². The highest BCUT2D eigenvalue weighted by molar-refractivity contribution is 5.95. The van der Waals surface area contributed by atoms with Crippen molar-refractivity contribution < 1.29 is 19.4 Å². The Balaban J connectivity index is 2.57. The van der Waals surface area contributed by atoms with Crippen LogP contribution in [0.2, 0.25) is 0 Å². The third-order valence-corrected chi connectivity index (χ3v) is 3.08. The molecule has 0 unspecified atom stereocenters. The largest absolute Gasteiger partial charge is 0.495 e. The van der Waals surface area contributed by atoms with Crippen molar-refractivity contribution in [3.05, 3.63) is 23.8 Å². The number of nitrogens with one attached hydrogen (secondary N) is 1. The molecule has 1 aromatic rings. The molecule has 0 saturated heterocycles. The van der Waals surface area contributed by atoms with Crippen LogP contribution >= 0.6 is 0 Å². The van der Waals surface area contributed by atoms with Gasteiger partial charge in [0, 0.05) is 6.42 Å². The maximum atomic E-state index is 11.9. The minimum Gasteiger partial charge on any atom is -0.495 e. The average Bonchev–Trinajstić information content (AvgIpc) is 2.46. The minimum atomic E-state index is -1.05. The van der Waals surface area contributed by atoms with Crippen LogP contribution in [0, 0.1) is 0 Å². The molecule has 0 spiro atoms. The van der Waals surface area contributed by atoms with Crippen LogP contribution in [0.25, 0.3) is 0 Å². The van der Waals surface area contributed by atoms with E-state index in [-0.39, 0.29) is 11.5 Å². The summed E-state index contributed by atoms with van der Waals surface area (Å²) in [5.41, 5.74) is 5.89. The highest BCUT2D eigenvalue weighted by Crippen LogP contribution is 2.25. The van der Waals surface area contributed by atoms with Crippen molar-refractivity contribution in [3.8, 4) is 5.75 Å². The Hall–Kier alpha value is -2.08. The number of carboxylic acids is 1. The second-order valence-electron chi connectivity index (χ2n) is 4.72. The smallest absolute Gasteiger partial charge is 0.335 e. The van der Waals surface area contributed by atoms with Crippen LogP contribution in [0.1, 0.15) is 42.5 Å². The lowest BCUT2D eigenvalue weighted by atomic mass is 10.1. The minimum absolute atomic E-state index is 0.106. The molecular weight excluding hydrogens is 272 g/mol. The molecule has 0 aliphatic carbocycles. The molecule has 0 aliphatic heterocycles. The van der Waals surface area contributed by atoms with Crippen molar-refractivity contribution in [2.45, 2.75) is 32.1 Å². The Bertz CT molecular complexity index is 489. The number of methoxy groups -OCH3 is 1. The predicted molar refractivity (Wildman–Crippen MR) is 80.7 cm³/mol. The zero-order valence-electron chi connectivity index (χ0n) is 12.2. The lowest BCUT2D eigenvalue weighted by molar-refractivity contribution is -0.116. The van der Waals surface area contributed by atoms with Crippen LogP contribution in [-0.4, -0.2) is 30.6 Å². The van der Waals surface area contributed by atoms with E-state index >= 15 is 0 Å². The van der Waals surface area contributed by atoms with E-state index in [9.17, 15) is 9.59 Å². The third kappa shape index (κ3) is 5.83. The van der Waals surface area contributed by atoms with Crippen molar-refractivity contribution in [2.24, 2.45) is 5.73 Å². The maximum absolute atomic E-state index is 11.9. The number of ether oxygens (including phenoxy) is 1. The van der Waals surface area contributed by atoms with E-state index < -0.39 is 5.97 Å². The van der Waals surface area contributed by atoms with Gasteiger partial charge in [-0.2, -0.15) is 0 Å². The number of hydrogen-bond acceptors (Lipinski definition) is 4. The molecule has 6 nitrogen and oxygen atoms in total. The van der Waals surface area contributed by atoms with Crippen LogP contribution in [0.15, 0.2) is 18.2 Å². The number of amides is 1. The number of rotatable bonds is 9. The van der Waals surface area contributed by atoms with Crippen molar-refractivity contribution in [2.75, 3.05) is 19.0 Å². The average molecular weight is 294 g/mol. The lowest BCUT2D eigenvalue weighted by Crippen LogP contribution is -2.12. The van der Waals surface area contributed by atoms with Gasteiger partial charge in [0.05, 0.1) is 18.4 Å². The molecule has 1 aromatic carbocycles. The van der Waals surface area contributed by atoms with Gasteiger partial charge in [0.25, 0.3) is 0 Å². The van der Waals surface area contributed by atoms with Gasteiger partial charge in [-0.05, 0) is 37.6 Å². The summed E-state index contributed by atoms with van der Waals surface area (Å²) in [6.07, 6.45) is 4.12. The number of nitrogens with two attached hydrogens (primary N) is 1. The zero-order valence-corrected chi connectivity index (χ0v) is 12.2. The topological polar surface area (TPSA) is 102 Å². The lowest BCUT2D eigenvalue weighted by Gasteiger charge is -2.11. The molecule has 1 amide bonds. The molecule has 0 fully saturated rings. The number of aromatic carboxylic acids is 1. The highest BCUT2D eigenvalue weighted by Gasteiger charge is 2.11. The fourth-order valence-corrected chi connectivity index (χ4v) is 1.93. The number of anilines is 1. The Kier molecular flexibility index (Phi) is 7.25. The second-order valence-corrected chi connectivity index (χ2v) is 4.72. The third-order valence-electron chi connectivity index (χ3n) is 3.08. The second kappa shape index (κ2) is 8.97. The number of carbonyl (C=O) groups is 2. The quantitative estimate of drug-likeness (QED) is 0.606. The fourth-order valence-electron chi connectivity index (χ4n) is 1.93. The van der Waals surface area contributed by atoms with Gasteiger partial charge in [-0.1, -0.05) is 12.8 Å². The molecule has 0 bridgehead atoms. The monoisotopic (exact) mass is 294 g/mol. The van der Waals surface area contributed by atoms with E-state index in [1.807, 2.05) is 0 Å². The van der Waals surface area contributed by atoms with Gasteiger partial charge in [0.15, 0.2) is 0 Å². The Morgan fingerprint density at radius 3 is 2.57 bits per heavy atom. The molecule has 116 valence electrons. The summed E-state index contributed by atoms with van der Waals surface area (Å²) < 4.78 is 5.12. The van der Waals surface area contributed by atoms with E-state index in [0.29, 0.717) is 24.4 Å². The molecular formula is C15H22N2O4. The molecule has 0 aliphatic rings. The van der Waals surface area contributed by atoms with Crippen LogP contribution in [0.4, 0.5) is 5.69 Å². The van der Waals surface area contributed by atoms with Crippen LogP contribution < -0.4 is 15.8 Å². The first-order chi connectivity index (χ1) is 10.1. The van der Waals surface area contributed by atoms with Gasteiger partial charge in [0.1, 0.15) is 5.75 Å². The molecule has 0 aromatic heterocycles. The first kappa shape index (κ1) is 17.0. The summed E-state index contributed by atoms with van der Waals surface area (Å²) >= 11 is 0. The predicted octanol–water partition coefficient (Wildman–Crippen LogP) is 2.24. The molecule has 0 atom stereocenters. The molecule has 21 heavy (non-hydrogen) atoms. The summed E-state index contributed by atoms with van der Waals surface area (Å²) in [6, 6.07) is 4.36. The van der Waals surface area contributed by atoms with Crippen LogP contribution in [0.5, 0.6) is 5.75 Å². The summed E-state index contributed by atoms with van der Waals surface area (Å²) in [4.78, 5) is 22.8. The first-order valence-electron chi connectivity index (χ1n) is 6.99. The number of unbranched alkanes of at least 4 members (excludes halogenated alkanes) is 3. The zero-order chi connectivity index (χ0) is 15.7. The molecule has 4 N–H and O–H groups in total. The number of hydrogen-bond donors (Lipinski definition) is 3. The van der Waals surface area contributed by atoms with Gasteiger partial charge >= 0.3 is 5.97 Å². The molecule has 0 heterocycles. The molecule has 1 rings (SSSR count). The number of carboxylic acid groups (broad SMARTS) is 1. The Labute approximate surface area is 124 Å². The van der Waals surface area contributed by atoms with Gasteiger partial charge < -0.3 is 20.9 Å². The summed E-state index contributed by atoms with van der Waals surface area (Å²) in [5, 5.41) is 11.7. The fraction of sp³-hybridized carbons (Fsp3) is 0.467. The molecule has 0 saturated carbocycles. The van der Waals surface area contributed by atoms with Crippen LogP contribution in [0.3, 0.4) is 0 Å². The summed E-state index contributed by atoms with van der Waals surface area (Å²) in [5.74, 6) is -0.755. The number of carbonyl (C=O) groups excluding carboxylic acids is 1. The highest BCUT2D eigenvalue weighted by atomic mass is 16.5. The van der Waals surface area contributed by atoms with E-state index in [4.69, 9.17) is 15.6 Å². The van der Waals surface area contributed by atoms with Gasteiger partial charge in [0.2, 0.25) is 5.91 Å². The van der Waals surface area contributed by atoms with E-state index in [1.165, 1.54) is 25.3 Å². The molecule has 0 radical (unpaired) electrons. The normalized spacial score (nSPS) is 10.2. The number of benzene rings is 1. The SMILES string of the molecule is COc1ccc(C(=O)O)cc1NC(=O)CCCCCCN. The maximum Gasteiger partial charge on any atom is 0.335 e.